The van der Waals surface area contributed by atoms with Crippen molar-refractivity contribution in [1.29, 1.82) is 0 Å². The van der Waals surface area contributed by atoms with Gasteiger partial charge in [0.25, 0.3) is 27.8 Å². The van der Waals surface area contributed by atoms with Crippen LogP contribution in [0.1, 0.15) is 26.3 Å². The zero-order chi connectivity index (χ0) is 104. The lowest BCUT2D eigenvalue weighted by atomic mass is 10.1. The molecule has 0 aliphatic carbocycles. The van der Waals surface area contributed by atoms with Crippen LogP contribution in [-0.2, 0) is 33.3 Å². The SMILES string of the molecule is CCn1c(=O)c2c(O)c(Sc3ccc(Cl)cc3)c(=O)oc2c2ccccc21.CCn1c(=O)c2c(O)c(Sc3cccc(Cl)c3)c(=O)oc2c2cc(OC)ccc21.CCn1c(=O)c2c(O)c(Sc3cccc(OC)c3)c(=O)oc2c2ccccc21.Cn1c(=O)c2c(O)c(Sc3ccccc3Br)c(=O)oc2c2ccccc21.O=c1oc2c(c(O)c1Sc1cccc(OCc3ccccc3)c1)c(=O)n(-c1ccccc1)c1ccccc21. The van der Waals surface area contributed by atoms with Crippen LogP contribution in [0.2, 0.25) is 10.0 Å². The fraction of sp³-hybridized carbons (Fsp3) is 0.0893. The van der Waals surface area contributed by atoms with Gasteiger partial charge in [-0.1, -0.05) is 209 Å². The smallest absolute Gasteiger partial charge is 0.354 e. The lowest BCUT2D eigenvalue weighted by Crippen LogP contribution is -2.21. The minimum absolute atomic E-state index is 0.000327. The van der Waals surface area contributed by atoms with E-state index in [1.807, 2.05) is 124 Å². The second-order valence-electron chi connectivity index (χ2n) is 32.6. The number of rotatable bonds is 19. The Labute approximate surface area is 875 Å². The summed E-state index contributed by atoms with van der Waals surface area (Å²) in [5.41, 5.74) is -0.531. The summed E-state index contributed by atoms with van der Waals surface area (Å²) >= 11 is 20.4. The molecule has 0 unspecified atom stereocenters. The molecule has 22 aromatic rings. The fourth-order valence-electron chi connectivity index (χ4n) is 16.8. The first kappa shape index (κ1) is 102. The summed E-state index contributed by atoms with van der Waals surface area (Å²) in [5.74, 6) is -0.121. The van der Waals surface area contributed by atoms with Gasteiger partial charge in [0, 0.05) is 98.3 Å². The Morgan fingerprint density at radius 3 is 1.12 bits per heavy atom. The van der Waals surface area contributed by atoms with Gasteiger partial charge in [0.15, 0.2) is 56.7 Å². The molecular weight excluding hydrogens is 2090 g/mol. The Balaban J connectivity index is 0.000000122. The van der Waals surface area contributed by atoms with E-state index >= 15 is 0 Å². The highest BCUT2D eigenvalue weighted by Gasteiger charge is 2.30. The van der Waals surface area contributed by atoms with Crippen molar-refractivity contribution < 1.29 is 61.8 Å². The maximum Gasteiger partial charge on any atom is 0.354 e. The van der Waals surface area contributed by atoms with E-state index in [-0.39, 0.29) is 96.6 Å². The second-order valence-corrected chi connectivity index (χ2v) is 39.7. The number of para-hydroxylation sites is 5. The average Bonchev–Trinajstić information content (AvgIpc) is 0.771. The Hall–Kier alpha value is -16.1. The fourth-order valence-corrected chi connectivity index (χ4v) is 22.0. The molecule has 0 aliphatic heterocycles. The second kappa shape index (κ2) is 44.1. The maximum atomic E-state index is 13.8. The van der Waals surface area contributed by atoms with Crippen molar-refractivity contribution in [3.8, 4) is 51.7 Å². The maximum absolute atomic E-state index is 13.8. The number of aromatic nitrogens is 5. The van der Waals surface area contributed by atoms with Crippen molar-refractivity contribution in [2.24, 2.45) is 7.05 Å². The van der Waals surface area contributed by atoms with Crippen LogP contribution in [0.15, 0.2) is 421 Å². The molecule has 0 fully saturated rings. The average molecular weight is 2180 g/mol. The van der Waals surface area contributed by atoms with Crippen molar-refractivity contribution in [2.75, 3.05) is 14.2 Å². The number of pyridine rings is 5. The van der Waals surface area contributed by atoms with Crippen LogP contribution in [0.4, 0.5) is 0 Å². The van der Waals surface area contributed by atoms with Crippen molar-refractivity contribution in [3.63, 3.8) is 0 Å². The molecule has 10 aromatic heterocycles. The molecule has 0 amide bonds. The Kier molecular flexibility index (Phi) is 30.4. The lowest BCUT2D eigenvalue weighted by molar-refractivity contribution is 0.305. The lowest BCUT2D eigenvalue weighted by Gasteiger charge is -2.14. The van der Waals surface area contributed by atoms with Crippen LogP contribution in [0.5, 0.6) is 46.0 Å². The van der Waals surface area contributed by atoms with Gasteiger partial charge < -0.3 is 80.1 Å². The molecule has 0 bridgehead atoms. The van der Waals surface area contributed by atoms with Crippen molar-refractivity contribution in [1.82, 2.24) is 22.8 Å². The zero-order valence-corrected chi connectivity index (χ0v) is 85.8. The largest absolute Gasteiger partial charge is 0.505 e. The molecule has 12 aromatic carbocycles. The number of aryl methyl sites for hydroxylation is 4. The Morgan fingerprint density at radius 1 is 0.311 bits per heavy atom. The van der Waals surface area contributed by atoms with Gasteiger partial charge in [0.05, 0.1) is 41.8 Å². The highest BCUT2D eigenvalue weighted by molar-refractivity contribution is 9.10. The predicted octanol–water partition coefficient (Wildman–Crippen LogP) is 24.1. The minimum atomic E-state index is -0.738. The monoisotopic (exact) mass is 2170 g/mol. The highest BCUT2D eigenvalue weighted by atomic mass is 79.9. The molecule has 36 heteroatoms. The molecule has 0 radical (unpaired) electrons. The standard InChI is InChI=1S/C31H21NO5S.C21H16ClNO5S.C21H17NO5S.C20H14ClNO4S.C19H12BrNO4S/c33-27-26-28(24-16-7-8-17-25(24)32(30(26)34)21-12-5-2-6-13-21)37-31(35)29(27)38-23-15-9-14-22(18-23)36-19-20-10-3-1-4-11-20;1-3-23-15-8-7-12(27-2)10-14(15)18-16(20(23)25)17(24)19(21(26)28-18)29-13-6-4-5-11(22)9-13;1-3-22-15-10-5-4-9-14(15)18-16(20(22)24)17(23)19(21(25)27-18)28-13-8-6-7-12(11-13)26-2;1-2-22-14-6-4-3-5-13(14)17-15(19(22)24)16(23)18(20(25)26-17)27-12-9-7-11(21)8-10-12;1-21-12-8-4-2-6-10(12)16-14(18(21)23)15(22)17(19(24)25-16)26-13-9-5-3-7-11(13)20/h1-18,33H,19H2;4-10,24H,3H2,1-2H3;4-11,23H,3H2,1-2H3;3-10,23H,2H2,1H3;2-9,22H,1H3. The number of fused-ring (bicyclic) bond motifs is 15. The van der Waals surface area contributed by atoms with Crippen LogP contribution in [0.3, 0.4) is 0 Å². The molecule has 28 nitrogen and oxygen atoms in total. The molecule has 22 rings (SSSR count). The van der Waals surface area contributed by atoms with Crippen LogP contribution in [-0.4, -0.2) is 62.6 Å². The molecule has 0 saturated heterocycles. The number of benzene rings is 12. The molecule has 0 spiro atoms. The van der Waals surface area contributed by atoms with Gasteiger partial charge >= 0.3 is 28.1 Å². The first-order valence-corrected chi connectivity index (χ1v) is 51.0. The predicted molar refractivity (Wildman–Crippen MR) is 583 cm³/mol. The number of hydrogen-bond donors (Lipinski definition) is 5. The summed E-state index contributed by atoms with van der Waals surface area (Å²) in [5, 5.41) is 58.4. The van der Waals surface area contributed by atoms with Crippen molar-refractivity contribution in [3.05, 3.63) is 421 Å². The summed E-state index contributed by atoms with van der Waals surface area (Å²) < 4.78 is 52.4. The van der Waals surface area contributed by atoms with Crippen molar-refractivity contribution in [2.45, 2.75) is 96.0 Å². The third kappa shape index (κ3) is 20.2. The number of halogens is 3. The summed E-state index contributed by atoms with van der Waals surface area (Å²) in [6.45, 7) is 7.15. The van der Waals surface area contributed by atoms with Gasteiger partial charge in [-0.25, -0.2) is 24.0 Å². The Morgan fingerprint density at radius 2 is 0.662 bits per heavy atom. The van der Waals surface area contributed by atoms with Crippen LogP contribution in [0, 0.1) is 0 Å². The van der Waals surface area contributed by atoms with E-state index in [4.69, 9.17) is 59.5 Å². The third-order valence-electron chi connectivity index (χ3n) is 23.7. The molecule has 0 aliphatic rings. The van der Waals surface area contributed by atoms with E-state index < -0.39 is 67.4 Å². The van der Waals surface area contributed by atoms with Gasteiger partial charge in [0.2, 0.25) is 0 Å². The van der Waals surface area contributed by atoms with Gasteiger partial charge in [-0.3, -0.25) is 28.5 Å². The number of hydrogen-bond acceptors (Lipinski definition) is 28. The molecule has 10 heterocycles. The molecule has 0 saturated carbocycles. The molecule has 148 heavy (non-hydrogen) atoms. The van der Waals surface area contributed by atoms with Gasteiger partial charge in [-0.05, 0) is 212 Å². The van der Waals surface area contributed by atoms with E-state index in [0.29, 0.717) is 133 Å². The Bertz CT molecular complexity index is 9740. The molecular formula is C112H80BrCl2N5O23S5. The molecule has 742 valence electrons. The summed E-state index contributed by atoms with van der Waals surface area (Å²) in [7, 11) is 4.69. The van der Waals surface area contributed by atoms with E-state index in [9.17, 15) is 73.5 Å². The summed E-state index contributed by atoms with van der Waals surface area (Å²) in [6.07, 6.45) is 0. The molecule has 0 atom stereocenters. The van der Waals surface area contributed by atoms with Crippen molar-refractivity contribution >= 4 is 207 Å². The number of nitrogens with zero attached hydrogens (tertiary/aromatic N) is 5. The highest BCUT2D eigenvalue weighted by Crippen LogP contribution is 2.46. The number of aromatic hydroxyl groups is 5. The third-order valence-corrected chi connectivity index (χ3v) is 30.5. The normalized spacial score (nSPS) is 11.2. The van der Waals surface area contributed by atoms with E-state index in [2.05, 4.69) is 15.9 Å². The van der Waals surface area contributed by atoms with E-state index in [1.54, 1.807) is 217 Å². The topological polar surface area (TPSA) is 390 Å². The first-order valence-electron chi connectivity index (χ1n) is 45.3. The first-order chi connectivity index (χ1) is 71.6. The van der Waals surface area contributed by atoms with Gasteiger partial charge in [-0.2, -0.15) is 0 Å². The van der Waals surface area contributed by atoms with E-state index in [0.717, 1.165) is 73.7 Å². The number of methoxy groups -OCH3 is 2. The van der Waals surface area contributed by atoms with Gasteiger partial charge in [0.1, 0.15) is 75.3 Å². The van der Waals surface area contributed by atoms with Gasteiger partial charge in [-0.15, -0.1) is 0 Å². The zero-order valence-electron chi connectivity index (χ0n) is 78.6. The minimum Gasteiger partial charge on any atom is -0.505 e. The number of ether oxygens (including phenoxy) is 3. The van der Waals surface area contributed by atoms with Crippen LogP contribution in [0.25, 0.3) is 115 Å². The van der Waals surface area contributed by atoms with Crippen LogP contribution >= 0.6 is 97.9 Å². The molecule has 5 N–H and O–H groups in total. The van der Waals surface area contributed by atoms with Crippen LogP contribution < -0.4 is 70.1 Å². The summed E-state index contributed by atoms with van der Waals surface area (Å²) in [4.78, 5) is 132. The quantitative estimate of drug-likeness (QED) is 0.0469. The summed E-state index contributed by atoms with van der Waals surface area (Å²) in [6, 6.07) is 87.8. The van der Waals surface area contributed by atoms with E-state index in [1.165, 1.54) is 20.8 Å².